The van der Waals surface area contributed by atoms with E-state index >= 15 is 0 Å². The number of pyridine rings is 2. The zero-order valence-corrected chi connectivity index (χ0v) is 31.1. The molecule has 12 rings (SSSR count). The molecule has 0 saturated carbocycles. The van der Waals surface area contributed by atoms with Gasteiger partial charge < -0.3 is 0 Å². The molecule has 57 heavy (non-hydrogen) atoms. The second-order valence-electron chi connectivity index (χ2n) is 14.3. The molecule has 0 bridgehead atoms. The van der Waals surface area contributed by atoms with Crippen LogP contribution in [0.15, 0.2) is 194 Å². The molecule has 2 nitrogen and oxygen atoms in total. The van der Waals surface area contributed by atoms with E-state index in [0.29, 0.717) is 5.56 Å². The van der Waals surface area contributed by atoms with Gasteiger partial charge in [0, 0.05) is 54.5 Å². The summed E-state index contributed by atoms with van der Waals surface area (Å²) in [6, 6.07) is 51.0. The van der Waals surface area contributed by atoms with Crippen LogP contribution in [0, 0.1) is 0 Å². The molecule has 0 aliphatic carbocycles. The molecule has 0 fully saturated rings. The first-order valence-electron chi connectivity index (χ1n) is 22.3. The molecule has 0 unspecified atom stereocenters. The summed E-state index contributed by atoms with van der Waals surface area (Å²) in [7, 11) is 0. The second kappa shape index (κ2) is 12.7. The minimum Gasteiger partial charge on any atom is -0.254 e. The van der Waals surface area contributed by atoms with Crippen LogP contribution in [0.1, 0.15) is 9.60 Å². The maximum atomic E-state index is 9.30. The molecule has 0 amide bonds. The molecule has 0 aliphatic heterocycles. The van der Waals surface area contributed by atoms with Crippen LogP contribution in [-0.4, -0.2) is 9.97 Å². The molecule has 0 N–H and O–H groups in total. The van der Waals surface area contributed by atoms with Crippen molar-refractivity contribution in [2.75, 3.05) is 0 Å². The van der Waals surface area contributed by atoms with E-state index in [0.717, 1.165) is 53.9 Å². The van der Waals surface area contributed by atoms with Gasteiger partial charge in [0.05, 0.1) is 26.3 Å². The van der Waals surface area contributed by atoms with Crippen molar-refractivity contribution < 1.29 is 9.60 Å². The molecule has 3 heteroatoms. The molecule has 9 aromatic carbocycles. The number of aromatic nitrogens is 2. The predicted octanol–water partition coefficient (Wildman–Crippen LogP) is 15.2. The van der Waals surface area contributed by atoms with Crippen molar-refractivity contribution in [1.29, 1.82) is 0 Å². The van der Waals surface area contributed by atoms with E-state index in [-0.39, 0.29) is 51.7 Å². The lowest BCUT2D eigenvalue weighted by Gasteiger charge is -2.15. The van der Waals surface area contributed by atoms with E-state index in [2.05, 4.69) is 120 Å². The summed E-state index contributed by atoms with van der Waals surface area (Å²) in [6.45, 7) is 0. The number of thiophene rings is 1. The highest BCUT2D eigenvalue weighted by Crippen LogP contribution is 2.55. The molecule has 0 saturated heterocycles. The van der Waals surface area contributed by atoms with Gasteiger partial charge in [0.2, 0.25) is 0 Å². The minimum atomic E-state index is -0.461. The van der Waals surface area contributed by atoms with E-state index in [9.17, 15) is 2.74 Å². The maximum absolute atomic E-state index is 9.30. The largest absolute Gasteiger partial charge is 0.254 e. The molecule has 0 aliphatic rings. The zero-order chi connectivity index (χ0) is 43.5. The van der Waals surface area contributed by atoms with Gasteiger partial charge in [-0.25, -0.2) is 4.98 Å². The quantitative estimate of drug-likeness (QED) is 0.164. The van der Waals surface area contributed by atoms with Crippen LogP contribution in [0.4, 0.5) is 0 Å². The normalized spacial score (nSPS) is 13.6. The Hall–Kier alpha value is -7.20. The Morgan fingerprint density at radius 2 is 0.947 bits per heavy atom. The Morgan fingerprint density at radius 3 is 1.67 bits per heavy atom. The summed E-state index contributed by atoms with van der Waals surface area (Å²) in [5.74, 6) is 0. The van der Waals surface area contributed by atoms with E-state index < -0.39 is 18.3 Å². The molecular weight excluding hydrogens is 709 g/mol. The fourth-order valence-corrected chi connectivity index (χ4v) is 10.1. The summed E-state index contributed by atoms with van der Waals surface area (Å²) in [4.78, 5) is 11.4. The zero-order valence-electron chi connectivity index (χ0n) is 37.2. The van der Waals surface area contributed by atoms with Crippen molar-refractivity contribution in [1.82, 2.24) is 9.97 Å². The molecule has 264 valence electrons. The standard InChI is InChI=1S/C54H32N2S/c1-3-11-33(12-4-1)49-50(34-13-5-2-6-14-34)54(45-28-25-37-21-20-35-15-9-16-36-24-27-43(45)48(37)47(35)36)57-53(49)44-30-29-42(40-18-7-8-19-41(40)44)46-31-26-39-23-22-38-17-10-32-55-51(38)52(39)56-46/h1-32H/i10D,17D,22D,23D,26D,31D,32D. The molecular formula is C54H32N2S. The van der Waals surface area contributed by atoms with E-state index in [1.54, 1.807) is 11.3 Å². The average molecular weight is 748 g/mol. The fraction of sp³-hybridized carbons (Fsp3) is 0. The van der Waals surface area contributed by atoms with Crippen LogP contribution in [0.2, 0.25) is 0 Å². The number of fused-ring (bicyclic) bond motifs is 4. The highest BCUT2D eigenvalue weighted by molar-refractivity contribution is 7.20. The number of rotatable bonds is 5. The van der Waals surface area contributed by atoms with Crippen molar-refractivity contribution in [2.24, 2.45) is 0 Å². The monoisotopic (exact) mass is 747 g/mol. The first kappa shape index (κ1) is 25.8. The second-order valence-corrected chi connectivity index (χ2v) is 15.3. The maximum Gasteiger partial charge on any atom is 0.0972 e. The summed E-state index contributed by atoms with van der Waals surface area (Å²) >= 11 is 1.76. The molecule has 3 aromatic heterocycles. The van der Waals surface area contributed by atoms with Gasteiger partial charge in [0.1, 0.15) is 0 Å². The van der Waals surface area contributed by atoms with Gasteiger partial charge in [-0.15, -0.1) is 11.3 Å². The van der Waals surface area contributed by atoms with Crippen molar-refractivity contribution in [2.45, 2.75) is 0 Å². The van der Waals surface area contributed by atoms with Crippen molar-refractivity contribution in [3.05, 3.63) is 194 Å². The topological polar surface area (TPSA) is 25.8 Å². The number of benzene rings is 9. The van der Waals surface area contributed by atoms with Gasteiger partial charge in [-0.3, -0.25) is 4.98 Å². The minimum absolute atomic E-state index is 0.00322. The van der Waals surface area contributed by atoms with E-state index in [1.807, 2.05) is 36.4 Å². The van der Waals surface area contributed by atoms with Crippen molar-refractivity contribution >= 4 is 76.2 Å². The Balaban J connectivity index is 1.16. The number of hydrogen-bond acceptors (Lipinski definition) is 3. The van der Waals surface area contributed by atoms with Gasteiger partial charge in [-0.1, -0.05) is 176 Å². The van der Waals surface area contributed by atoms with Gasteiger partial charge in [-0.2, -0.15) is 0 Å². The van der Waals surface area contributed by atoms with E-state index in [4.69, 9.17) is 11.8 Å². The van der Waals surface area contributed by atoms with Crippen LogP contribution in [0.25, 0.3) is 119 Å². The summed E-state index contributed by atoms with van der Waals surface area (Å²) in [5, 5.41) is 8.91. The lowest BCUT2D eigenvalue weighted by Crippen LogP contribution is -1.91. The number of nitrogens with zero attached hydrogens (tertiary/aromatic N) is 2. The van der Waals surface area contributed by atoms with Gasteiger partial charge >= 0.3 is 0 Å². The highest BCUT2D eigenvalue weighted by Gasteiger charge is 2.26. The molecule has 0 spiro atoms. The van der Waals surface area contributed by atoms with E-state index in [1.165, 1.54) is 32.3 Å². The Kier molecular flexibility index (Phi) is 5.74. The van der Waals surface area contributed by atoms with Crippen LogP contribution in [0.3, 0.4) is 0 Å². The fourth-order valence-electron chi connectivity index (χ4n) is 8.65. The highest BCUT2D eigenvalue weighted by atomic mass is 32.1. The smallest absolute Gasteiger partial charge is 0.0972 e. The molecule has 0 radical (unpaired) electrons. The third-order valence-corrected chi connectivity index (χ3v) is 12.4. The van der Waals surface area contributed by atoms with Crippen LogP contribution in [-0.2, 0) is 0 Å². The Morgan fingerprint density at radius 1 is 0.404 bits per heavy atom. The lowest BCUT2D eigenvalue weighted by atomic mass is 9.87. The van der Waals surface area contributed by atoms with Crippen LogP contribution >= 0.6 is 11.3 Å². The van der Waals surface area contributed by atoms with Crippen molar-refractivity contribution in [3.63, 3.8) is 0 Å². The molecule has 12 aromatic rings. The van der Waals surface area contributed by atoms with Gasteiger partial charge in [0.15, 0.2) is 0 Å². The SMILES string of the molecule is [2H]c1nc2c(c([2H])c1[2H])c([2H])c([2H])c1c([2H])c([2H])c(-c3ccc(-c4sc(-c5ccc6ccc7cccc8ccc5c6c78)c(-c5ccccc5)c4-c4ccccc4)c4ccccc34)nc12. The first-order chi connectivity index (χ1) is 31.2. The average Bonchev–Trinajstić information content (AvgIpc) is 3.73. The summed E-state index contributed by atoms with van der Waals surface area (Å²) < 4.78 is 61.2. The summed E-state index contributed by atoms with van der Waals surface area (Å²) in [6.07, 6.45) is -0.461. The summed E-state index contributed by atoms with van der Waals surface area (Å²) in [5.41, 5.74) is 7.38. The van der Waals surface area contributed by atoms with Gasteiger partial charge in [0.25, 0.3) is 0 Å². The van der Waals surface area contributed by atoms with Crippen molar-refractivity contribution in [3.8, 4) is 54.4 Å². The molecule has 3 heterocycles. The number of hydrogen-bond donors (Lipinski definition) is 0. The molecule has 0 atom stereocenters. The third-order valence-electron chi connectivity index (χ3n) is 11.2. The predicted molar refractivity (Wildman–Crippen MR) is 243 cm³/mol. The van der Waals surface area contributed by atoms with Gasteiger partial charge in [-0.05, 0) is 66.3 Å². The first-order valence-corrected chi connectivity index (χ1v) is 19.7. The van der Waals surface area contributed by atoms with Crippen LogP contribution < -0.4 is 0 Å². The van der Waals surface area contributed by atoms with Crippen LogP contribution in [0.5, 0.6) is 0 Å². The third kappa shape index (κ3) is 4.96. The Labute approximate surface area is 343 Å². The Bertz CT molecular complexity index is 3910. The lowest BCUT2D eigenvalue weighted by molar-refractivity contribution is 1.37.